The summed E-state index contributed by atoms with van der Waals surface area (Å²) in [6, 6.07) is 3.14. The topological polar surface area (TPSA) is 83.3 Å². The number of hydrogen-bond donors (Lipinski definition) is 3. The first kappa shape index (κ1) is 15.3. The summed E-state index contributed by atoms with van der Waals surface area (Å²) in [5.41, 5.74) is 9.41. The van der Waals surface area contributed by atoms with Crippen molar-refractivity contribution in [1.82, 2.24) is 10.3 Å². The van der Waals surface area contributed by atoms with E-state index in [0.717, 1.165) is 31.9 Å². The van der Waals surface area contributed by atoms with Gasteiger partial charge in [0, 0.05) is 26.2 Å². The van der Waals surface area contributed by atoms with Gasteiger partial charge < -0.3 is 21.3 Å². The van der Waals surface area contributed by atoms with E-state index in [1.54, 1.807) is 18.3 Å². The van der Waals surface area contributed by atoms with Crippen molar-refractivity contribution in [3.05, 3.63) is 36.7 Å². The Bertz CT molecular complexity index is 515. The molecule has 1 aliphatic rings. The number of nitrogens with one attached hydrogen (secondary N) is 2. The van der Waals surface area contributed by atoms with Crippen LogP contribution in [0.2, 0.25) is 0 Å². The van der Waals surface area contributed by atoms with Gasteiger partial charge in [-0.2, -0.15) is 0 Å². The molecular formula is C15H21N5O. The molecule has 0 radical (unpaired) electrons. The first-order valence-corrected chi connectivity index (χ1v) is 7.03. The van der Waals surface area contributed by atoms with Crippen LogP contribution in [0.4, 0.5) is 11.5 Å². The second-order valence-corrected chi connectivity index (χ2v) is 4.88. The van der Waals surface area contributed by atoms with Crippen LogP contribution in [-0.2, 0) is 4.79 Å². The predicted octanol–water partition coefficient (Wildman–Crippen LogP) is 0.488. The van der Waals surface area contributed by atoms with E-state index in [1.807, 2.05) is 6.07 Å². The van der Waals surface area contributed by atoms with Gasteiger partial charge in [0.25, 0.3) is 0 Å². The number of amides is 1. The van der Waals surface area contributed by atoms with Crippen LogP contribution >= 0.6 is 0 Å². The molecule has 1 saturated heterocycles. The lowest BCUT2D eigenvalue weighted by molar-refractivity contribution is -0.117. The average molecular weight is 287 g/mol. The Kier molecular flexibility index (Phi) is 5.51. The third kappa shape index (κ3) is 4.43. The number of aromatic nitrogens is 1. The molecular weight excluding hydrogens is 266 g/mol. The molecule has 2 rings (SSSR count). The zero-order chi connectivity index (χ0) is 15.1. The maximum Gasteiger partial charge on any atom is 0.242 e. The van der Waals surface area contributed by atoms with E-state index in [4.69, 9.17) is 5.73 Å². The van der Waals surface area contributed by atoms with E-state index in [2.05, 4.69) is 32.8 Å². The summed E-state index contributed by atoms with van der Waals surface area (Å²) in [5.74, 6) is 0.251. The molecule has 4 N–H and O–H groups in total. The zero-order valence-corrected chi connectivity index (χ0v) is 12.0. The van der Waals surface area contributed by atoms with Crippen molar-refractivity contribution in [2.45, 2.75) is 12.5 Å². The quantitative estimate of drug-likeness (QED) is 0.686. The van der Waals surface area contributed by atoms with Crippen LogP contribution in [-0.4, -0.2) is 43.1 Å². The van der Waals surface area contributed by atoms with E-state index in [-0.39, 0.29) is 5.91 Å². The highest BCUT2D eigenvalue weighted by atomic mass is 16.2. The van der Waals surface area contributed by atoms with Crippen LogP contribution in [0.3, 0.4) is 0 Å². The summed E-state index contributed by atoms with van der Waals surface area (Å²) in [5, 5.41) is 6.01. The molecule has 1 unspecified atom stereocenters. The largest absolute Gasteiger partial charge is 0.368 e. The van der Waals surface area contributed by atoms with E-state index < -0.39 is 6.04 Å². The van der Waals surface area contributed by atoms with Crippen LogP contribution in [0.15, 0.2) is 36.7 Å². The van der Waals surface area contributed by atoms with Crippen molar-refractivity contribution in [3.63, 3.8) is 0 Å². The van der Waals surface area contributed by atoms with Crippen molar-refractivity contribution in [3.8, 4) is 0 Å². The summed E-state index contributed by atoms with van der Waals surface area (Å²) >= 11 is 0. The molecule has 1 fully saturated rings. The Hall–Kier alpha value is -2.14. The molecule has 112 valence electrons. The zero-order valence-electron chi connectivity index (χ0n) is 12.0. The maximum absolute atomic E-state index is 11.8. The summed E-state index contributed by atoms with van der Waals surface area (Å²) in [4.78, 5) is 18.4. The molecule has 0 spiro atoms. The smallest absolute Gasteiger partial charge is 0.242 e. The van der Waals surface area contributed by atoms with E-state index in [9.17, 15) is 4.79 Å². The highest BCUT2D eigenvalue weighted by Crippen LogP contribution is 2.15. The second kappa shape index (κ2) is 7.59. The fourth-order valence-electron chi connectivity index (χ4n) is 2.11. The van der Waals surface area contributed by atoms with Gasteiger partial charge in [-0.15, -0.1) is 5.73 Å². The van der Waals surface area contributed by atoms with E-state index in [0.29, 0.717) is 12.2 Å². The third-order valence-electron chi connectivity index (χ3n) is 3.33. The standard InChI is InChI=1S/C15H21N5O/c1-2-3-4-13(16)15(21)19-14-6-5-12(11-18-14)20-9-7-17-8-10-20/h3,5-6,11,13,17H,1,4,7-10,16H2,(H,18,19,21). The Labute approximate surface area is 124 Å². The first-order valence-electron chi connectivity index (χ1n) is 7.03. The van der Waals surface area contributed by atoms with Gasteiger partial charge in [-0.05, 0) is 24.6 Å². The fourth-order valence-corrected chi connectivity index (χ4v) is 2.11. The lowest BCUT2D eigenvalue weighted by Crippen LogP contribution is -2.43. The van der Waals surface area contributed by atoms with E-state index in [1.165, 1.54) is 0 Å². The molecule has 6 heteroatoms. The molecule has 6 nitrogen and oxygen atoms in total. The van der Waals surface area contributed by atoms with Crippen molar-refractivity contribution < 1.29 is 4.79 Å². The van der Waals surface area contributed by atoms with Gasteiger partial charge in [0.1, 0.15) is 5.82 Å². The summed E-state index contributed by atoms with van der Waals surface area (Å²) < 4.78 is 0. The van der Waals surface area contributed by atoms with Crippen LogP contribution in [0.25, 0.3) is 0 Å². The number of anilines is 2. The number of rotatable bonds is 5. The number of carbonyl (C=O) groups is 1. The second-order valence-electron chi connectivity index (χ2n) is 4.88. The molecule has 0 saturated carbocycles. The van der Waals surface area contributed by atoms with Crippen LogP contribution in [0.5, 0.6) is 0 Å². The summed E-state index contributed by atoms with van der Waals surface area (Å²) in [7, 11) is 0. The normalized spacial score (nSPS) is 16.0. The molecule has 21 heavy (non-hydrogen) atoms. The monoisotopic (exact) mass is 287 g/mol. The Balaban J connectivity index is 1.92. The molecule has 1 amide bonds. The Morgan fingerprint density at radius 2 is 2.33 bits per heavy atom. The summed E-state index contributed by atoms with van der Waals surface area (Å²) in [6.45, 7) is 7.32. The van der Waals surface area contributed by atoms with Gasteiger partial charge in [0.2, 0.25) is 5.91 Å². The van der Waals surface area contributed by atoms with Gasteiger partial charge in [-0.3, -0.25) is 4.79 Å². The highest BCUT2D eigenvalue weighted by molar-refractivity contribution is 5.94. The number of piperazine rings is 1. The third-order valence-corrected chi connectivity index (χ3v) is 3.33. The summed E-state index contributed by atoms with van der Waals surface area (Å²) in [6.07, 6.45) is 3.83. The molecule has 0 aromatic carbocycles. The van der Waals surface area contributed by atoms with Gasteiger partial charge in [0.15, 0.2) is 0 Å². The maximum atomic E-state index is 11.8. The van der Waals surface area contributed by atoms with Crippen LogP contribution in [0, 0.1) is 0 Å². The van der Waals surface area contributed by atoms with Crippen LogP contribution in [0.1, 0.15) is 6.42 Å². The molecule has 1 atom stereocenters. The minimum absolute atomic E-state index is 0.260. The van der Waals surface area contributed by atoms with Gasteiger partial charge in [-0.25, -0.2) is 4.98 Å². The van der Waals surface area contributed by atoms with Crippen LogP contribution < -0.4 is 21.3 Å². The van der Waals surface area contributed by atoms with Crippen molar-refractivity contribution in [1.29, 1.82) is 0 Å². The SMILES string of the molecule is C=C=CCC(N)C(=O)Nc1ccc(N2CCNCC2)cn1. The molecule has 0 bridgehead atoms. The fraction of sp³-hybridized carbons (Fsp3) is 0.400. The number of carbonyl (C=O) groups excluding carboxylic acids is 1. The number of nitrogens with zero attached hydrogens (tertiary/aromatic N) is 2. The number of nitrogens with two attached hydrogens (primary N) is 1. The first-order chi connectivity index (χ1) is 10.2. The Morgan fingerprint density at radius 3 is 2.95 bits per heavy atom. The van der Waals surface area contributed by atoms with Crippen molar-refractivity contribution in [2.24, 2.45) is 5.73 Å². The van der Waals surface area contributed by atoms with Crippen molar-refractivity contribution in [2.75, 3.05) is 36.4 Å². The van der Waals surface area contributed by atoms with E-state index >= 15 is 0 Å². The highest BCUT2D eigenvalue weighted by Gasteiger charge is 2.14. The minimum Gasteiger partial charge on any atom is -0.368 e. The average Bonchev–Trinajstić information content (AvgIpc) is 2.54. The number of hydrogen-bond acceptors (Lipinski definition) is 5. The minimum atomic E-state index is -0.617. The van der Waals surface area contributed by atoms with Gasteiger partial charge in [0.05, 0.1) is 17.9 Å². The van der Waals surface area contributed by atoms with Gasteiger partial charge >= 0.3 is 0 Å². The molecule has 1 aliphatic heterocycles. The molecule has 2 heterocycles. The molecule has 1 aromatic heterocycles. The Morgan fingerprint density at radius 1 is 1.57 bits per heavy atom. The van der Waals surface area contributed by atoms with Crippen molar-refractivity contribution >= 4 is 17.4 Å². The molecule has 0 aliphatic carbocycles. The number of pyridine rings is 1. The van der Waals surface area contributed by atoms with Gasteiger partial charge in [-0.1, -0.05) is 6.58 Å². The lowest BCUT2D eigenvalue weighted by Gasteiger charge is -2.29. The predicted molar refractivity (Wildman–Crippen MR) is 84.3 cm³/mol. The molecule has 1 aromatic rings. The lowest BCUT2D eigenvalue weighted by atomic mass is 10.2.